The number of carbonyl (C=O) groups is 1. The summed E-state index contributed by atoms with van der Waals surface area (Å²) < 4.78 is 1.07. The molecule has 4 heteroatoms. The van der Waals surface area contributed by atoms with Gasteiger partial charge in [-0.2, -0.15) is 0 Å². The summed E-state index contributed by atoms with van der Waals surface area (Å²) in [6, 6.07) is 8.42. The van der Waals surface area contributed by atoms with Crippen LogP contribution < -0.4 is 11.1 Å². The van der Waals surface area contributed by atoms with Crippen LogP contribution in [0, 0.1) is 5.92 Å². The Kier molecular flexibility index (Phi) is 6.05. The Bertz CT molecular complexity index is 433. The molecule has 1 saturated carbocycles. The first kappa shape index (κ1) is 15.5. The summed E-state index contributed by atoms with van der Waals surface area (Å²) in [5.74, 6) is 0.610. The van der Waals surface area contributed by atoms with Gasteiger partial charge in [-0.1, -0.05) is 40.9 Å². The van der Waals surface area contributed by atoms with E-state index in [-0.39, 0.29) is 11.9 Å². The summed E-state index contributed by atoms with van der Waals surface area (Å²) in [6.45, 7) is 0.678. The number of amides is 1. The van der Waals surface area contributed by atoms with Gasteiger partial charge in [0, 0.05) is 16.9 Å². The van der Waals surface area contributed by atoms with Crippen molar-refractivity contribution in [3.8, 4) is 0 Å². The highest BCUT2D eigenvalue weighted by Crippen LogP contribution is 2.23. The maximum absolute atomic E-state index is 12.1. The Hall–Kier alpha value is -0.870. The van der Waals surface area contributed by atoms with Crippen LogP contribution in [0.15, 0.2) is 28.7 Å². The monoisotopic (exact) mass is 338 g/mol. The molecule has 2 rings (SSSR count). The molecule has 1 aromatic carbocycles. The summed E-state index contributed by atoms with van der Waals surface area (Å²) in [5.41, 5.74) is 6.99. The molecule has 110 valence electrons. The van der Waals surface area contributed by atoms with Gasteiger partial charge in [0.25, 0.3) is 0 Å². The van der Waals surface area contributed by atoms with Crippen molar-refractivity contribution in [1.82, 2.24) is 5.32 Å². The summed E-state index contributed by atoms with van der Waals surface area (Å²) in [7, 11) is 0. The Morgan fingerprint density at radius 3 is 2.65 bits per heavy atom. The average Bonchev–Trinajstić information content (AvgIpc) is 2.47. The smallest absolute Gasteiger partial charge is 0.220 e. The van der Waals surface area contributed by atoms with E-state index in [0.29, 0.717) is 18.9 Å². The zero-order chi connectivity index (χ0) is 14.4. The third kappa shape index (κ3) is 4.60. The molecule has 0 aromatic heterocycles. The average molecular weight is 339 g/mol. The number of nitrogens with one attached hydrogen (secondary N) is 1. The van der Waals surface area contributed by atoms with Crippen LogP contribution in [0.3, 0.4) is 0 Å². The molecule has 0 saturated heterocycles. The Balaban J connectivity index is 1.78. The van der Waals surface area contributed by atoms with Gasteiger partial charge in [-0.25, -0.2) is 0 Å². The lowest BCUT2D eigenvalue weighted by Gasteiger charge is -2.31. The molecule has 0 radical (unpaired) electrons. The summed E-state index contributed by atoms with van der Waals surface area (Å²) in [5, 5.41) is 3.17. The van der Waals surface area contributed by atoms with Crippen LogP contribution in [0.4, 0.5) is 0 Å². The minimum atomic E-state index is 0.151. The maximum atomic E-state index is 12.1. The largest absolute Gasteiger partial charge is 0.353 e. The highest BCUT2D eigenvalue weighted by Gasteiger charge is 2.24. The molecule has 0 heterocycles. The van der Waals surface area contributed by atoms with Crippen molar-refractivity contribution in [2.45, 2.75) is 44.6 Å². The van der Waals surface area contributed by atoms with Crippen LogP contribution in [0.2, 0.25) is 0 Å². The second-order valence-electron chi connectivity index (χ2n) is 5.58. The molecule has 1 aromatic rings. The Morgan fingerprint density at radius 2 is 1.95 bits per heavy atom. The van der Waals surface area contributed by atoms with Crippen LogP contribution >= 0.6 is 15.9 Å². The third-order valence-electron chi connectivity index (χ3n) is 4.11. The Morgan fingerprint density at radius 1 is 1.25 bits per heavy atom. The van der Waals surface area contributed by atoms with Crippen molar-refractivity contribution in [1.29, 1.82) is 0 Å². The number of rotatable bonds is 5. The van der Waals surface area contributed by atoms with Gasteiger partial charge in [-0.3, -0.25) is 4.79 Å². The fourth-order valence-corrected chi connectivity index (χ4v) is 3.13. The number of carbonyl (C=O) groups excluding carboxylic acids is 1. The molecule has 3 N–H and O–H groups in total. The van der Waals surface area contributed by atoms with Crippen molar-refractivity contribution in [2.75, 3.05) is 6.54 Å². The molecule has 1 aliphatic carbocycles. The highest BCUT2D eigenvalue weighted by molar-refractivity contribution is 9.10. The van der Waals surface area contributed by atoms with Crippen molar-refractivity contribution in [3.05, 3.63) is 34.3 Å². The van der Waals surface area contributed by atoms with Crippen molar-refractivity contribution in [3.63, 3.8) is 0 Å². The van der Waals surface area contributed by atoms with Gasteiger partial charge in [0.2, 0.25) is 5.91 Å². The van der Waals surface area contributed by atoms with E-state index in [4.69, 9.17) is 5.73 Å². The normalized spacial score (nSPS) is 22.5. The van der Waals surface area contributed by atoms with Gasteiger partial charge >= 0.3 is 0 Å². The number of benzene rings is 1. The van der Waals surface area contributed by atoms with Crippen LogP contribution in [0.25, 0.3) is 0 Å². The minimum Gasteiger partial charge on any atom is -0.353 e. The second kappa shape index (κ2) is 7.79. The molecular weight excluding hydrogens is 316 g/mol. The zero-order valence-electron chi connectivity index (χ0n) is 11.8. The van der Waals surface area contributed by atoms with E-state index < -0.39 is 0 Å². The number of halogens is 1. The third-order valence-corrected chi connectivity index (χ3v) is 4.64. The van der Waals surface area contributed by atoms with Gasteiger partial charge < -0.3 is 11.1 Å². The maximum Gasteiger partial charge on any atom is 0.220 e. The standard InChI is InChI=1S/C16H23BrN2O/c17-14-8-5-12(6-9-14)7-10-16(20)19-15-4-2-1-3-13(15)11-18/h5-6,8-9,13,15H,1-4,7,10-11,18H2,(H,19,20). The predicted molar refractivity (Wildman–Crippen MR) is 85.4 cm³/mol. The SMILES string of the molecule is NCC1CCCCC1NC(=O)CCc1ccc(Br)cc1. The van der Waals surface area contributed by atoms with Gasteiger partial charge in [0.05, 0.1) is 0 Å². The molecule has 2 unspecified atom stereocenters. The van der Waals surface area contributed by atoms with E-state index in [1.807, 2.05) is 12.1 Å². The lowest BCUT2D eigenvalue weighted by atomic mass is 9.84. The molecular formula is C16H23BrN2O. The molecule has 0 spiro atoms. The molecule has 1 fully saturated rings. The topological polar surface area (TPSA) is 55.1 Å². The van der Waals surface area contributed by atoms with Crippen LogP contribution in [0.1, 0.15) is 37.7 Å². The van der Waals surface area contributed by atoms with E-state index in [9.17, 15) is 4.79 Å². The van der Waals surface area contributed by atoms with E-state index in [1.165, 1.54) is 18.4 Å². The molecule has 1 aliphatic rings. The van der Waals surface area contributed by atoms with Crippen LogP contribution in [0.5, 0.6) is 0 Å². The molecule has 3 nitrogen and oxygen atoms in total. The van der Waals surface area contributed by atoms with Crippen molar-refractivity contribution < 1.29 is 4.79 Å². The summed E-state index contributed by atoms with van der Waals surface area (Å²) in [6.07, 6.45) is 6.01. The first-order valence-electron chi connectivity index (χ1n) is 7.43. The van der Waals surface area contributed by atoms with E-state index in [2.05, 4.69) is 33.4 Å². The molecule has 0 bridgehead atoms. The lowest BCUT2D eigenvalue weighted by Crippen LogP contribution is -2.44. The summed E-state index contributed by atoms with van der Waals surface area (Å²) >= 11 is 3.41. The van der Waals surface area contributed by atoms with Crippen LogP contribution in [-0.4, -0.2) is 18.5 Å². The Labute approximate surface area is 129 Å². The first-order valence-corrected chi connectivity index (χ1v) is 8.22. The molecule has 1 amide bonds. The first-order chi connectivity index (χ1) is 9.69. The number of nitrogens with two attached hydrogens (primary N) is 1. The number of hydrogen-bond acceptors (Lipinski definition) is 2. The molecule has 20 heavy (non-hydrogen) atoms. The van der Waals surface area contributed by atoms with Gasteiger partial charge in [-0.05, 0) is 49.4 Å². The highest BCUT2D eigenvalue weighted by atomic mass is 79.9. The number of aryl methyl sites for hydroxylation is 1. The number of hydrogen-bond donors (Lipinski definition) is 2. The fraction of sp³-hybridized carbons (Fsp3) is 0.562. The van der Waals surface area contributed by atoms with E-state index >= 15 is 0 Å². The minimum absolute atomic E-state index is 0.151. The fourth-order valence-electron chi connectivity index (χ4n) is 2.87. The van der Waals surface area contributed by atoms with Crippen molar-refractivity contribution in [2.24, 2.45) is 11.7 Å². The van der Waals surface area contributed by atoms with Crippen LogP contribution in [-0.2, 0) is 11.2 Å². The summed E-state index contributed by atoms with van der Waals surface area (Å²) in [4.78, 5) is 12.1. The van der Waals surface area contributed by atoms with Crippen molar-refractivity contribution >= 4 is 21.8 Å². The zero-order valence-corrected chi connectivity index (χ0v) is 13.4. The molecule has 0 aliphatic heterocycles. The van der Waals surface area contributed by atoms with Gasteiger partial charge in [-0.15, -0.1) is 0 Å². The predicted octanol–water partition coefficient (Wildman–Crippen LogP) is 3.02. The van der Waals surface area contributed by atoms with E-state index in [0.717, 1.165) is 23.7 Å². The molecule has 2 atom stereocenters. The van der Waals surface area contributed by atoms with Gasteiger partial charge in [0.15, 0.2) is 0 Å². The lowest BCUT2D eigenvalue weighted by molar-refractivity contribution is -0.122. The van der Waals surface area contributed by atoms with Gasteiger partial charge in [0.1, 0.15) is 0 Å². The second-order valence-corrected chi connectivity index (χ2v) is 6.50. The quantitative estimate of drug-likeness (QED) is 0.866. The van der Waals surface area contributed by atoms with E-state index in [1.54, 1.807) is 0 Å².